The van der Waals surface area contributed by atoms with Gasteiger partial charge in [0, 0.05) is 25.1 Å². The minimum Gasteiger partial charge on any atom is -0.395 e. The summed E-state index contributed by atoms with van der Waals surface area (Å²) in [5.74, 6) is 1.35. The number of aryl methyl sites for hydroxylation is 1. The van der Waals surface area contributed by atoms with Crippen LogP contribution in [0.2, 0.25) is 5.15 Å². The van der Waals surface area contributed by atoms with Gasteiger partial charge in [-0.25, -0.2) is 9.97 Å². The lowest BCUT2D eigenvalue weighted by Gasteiger charge is -2.24. The minimum absolute atomic E-state index is 0.00250. The van der Waals surface area contributed by atoms with Crippen molar-refractivity contribution in [3.05, 3.63) is 16.5 Å². The van der Waals surface area contributed by atoms with E-state index in [0.717, 1.165) is 5.56 Å². The first-order chi connectivity index (χ1) is 8.13. The predicted octanol–water partition coefficient (Wildman–Crippen LogP) is 0.792. The van der Waals surface area contributed by atoms with Crippen LogP contribution in [0.25, 0.3) is 0 Å². The lowest BCUT2D eigenvalue weighted by molar-refractivity contribution is 0.280. The molecule has 0 aliphatic carbocycles. The number of aliphatic hydroxyl groups excluding tert-OH is 2. The van der Waals surface area contributed by atoms with Crippen LogP contribution in [-0.2, 0) is 6.42 Å². The molecule has 0 saturated carbocycles. The molecule has 0 aliphatic heterocycles. The van der Waals surface area contributed by atoms with Crippen molar-refractivity contribution in [2.45, 2.75) is 20.3 Å². The second-order valence-corrected chi connectivity index (χ2v) is 4.03. The van der Waals surface area contributed by atoms with E-state index in [1.165, 1.54) is 0 Å². The molecule has 1 aromatic rings. The van der Waals surface area contributed by atoms with E-state index in [0.29, 0.717) is 36.3 Å². The van der Waals surface area contributed by atoms with Crippen LogP contribution in [0.15, 0.2) is 0 Å². The van der Waals surface area contributed by atoms with Gasteiger partial charge in [0.1, 0.15) is 16.8 Å². The number of aromatic nitrogens is 2. The average Bonchev–Trinajstić information content (AvgIpc) is 2.32. The Bertz CT molecular complexity index is 368. The monoisotopic (exact) mass is 259 g/mol. The van der Waals surface area contributed by atoms with Gasteiger partial charge in [0.15, 0.2) is 0 Å². The molecule has 1 rings (SSSR count). The van der Waals surface area contributed by atoms with E-state index in [4.69, 9.17) is 21.8 Å². The molecule has 0 aliphatic rings. The van der Waals surface area contributed by atoms with Crippen molar-refractivity contribution in [1.82, 2.24) is 9.97 Å². The zero-order valence-corrected chi connectivity index (χ0v) is 10.9. The van der Waals surface area contributed by atoms with Gasteiger partial charge >= 0.3 is 0 Å². The summed E-state index contributed by atoms with van der Waals surface area (Å²) < 4.78 is 0. The number of rotatable bonds is 6. The van der Waals surface area contributed by atoms with E-state index in [2.05, 4.69) is 9.97 Å². The lowest BCUT2D eigenvalue weighted by atomic mass is 10.3. The molecule has 0 atom stereocenters. The quantitative estimate of drug-likeness (QED) is 0.740. The van der Waals surface area contributed by atoms with Gasteiger partial charge in [-0.3, -0.25) is 0 Å². The molecule has 0 fully saturated rings. The molecule has 17 heavy (non-hydrogen) atoms. The van der Waals surface area contributed by atoms with E-state index in [9.17, 15) is 0 Å². The summed E-state index contributed by atoms with van der Waals surface area (Å²) in [4.78, 5) is 10.4. The Labute approximate surface area is 106 Å². The van der Waals surface area contributed by atoms with E-state index in [1.54, 1.807) is 0 Å². The van der Waals surface area contributed by atoms with Gasteiger partial charge < -0.3 is 15.1 Å². The molecule has 1 heterocycles. The highest BCUT2D eigenvalue weighted by Gasteiger charge is 2.14. The standard InChI is InChI=1S/C11H18ClN3O2/c1-3-9-13-10(12)8(2)11(14-9)15(4-6-16)5-7-17/h16-17H,3-7H2,1-2H3. The van der Waals surface area contributed by atoms with E-state index in [1.807, 2.05) is 18.7 Å². The van der Waals surface area contributed by atoms with Crippen LogP contribution in [0.1, 0.15) is 18.3 Å². The predicted molar refractivity (Wildman–Crippen MR) is 67.5 cm³/mol. The van der Waals surface area contributed by atoms with Gasteiger partial charge in [-0.1, -0.05) is 18.5 Å². The average molecular weight is 260 g/mol. The van der Waals surface area contributed by atoms with Crippen molar-refractivity contribution in [2.75, 3.05) is 31.2 Å². The molecule has 0 radical (unpaired) electrons. The topological polar surface area (TPSA) is 69.5 Å². The smallest absolute Gasteiger partial charge is 0.137 e. The molecule has 0 amide bonds. The first kappa shape index (κ1) is 14.2. The van der Waals surface area contributed by atoms with Crippen LogP contribution in [0.5, 0.6) is 0 Å². The summed E-state index contributed by atoms with van der Waals surface area (Å²) in [5.41, 5.74) is 0.769. The molecule has 5 nitrogen and oxygen atoms in total. The van der Waals surface area contributed by atoms with Crippen LogP contribution in [0, 0.1) is 6.92 Å². The highest BCUT2D eigenvalue weighted by molar-refractivity contribution is 6.30. The van der Waals surface area contributed by atoms with Crippen molar-refractivity contribution < 1.29 is 10.2 Å². The molecule has 0 saturated heterocycles. The molecule has 96 valence electrons. The van der Waals surface area contributed by atoms with Gasteiger partial charge in [-0.15, -0.1) is 0 Å². The van der Waals surface area contributed by atoms with Crippen LogP contribution in [0.3, 0.4) is 0 Å². The second-order valence-electron chi connectivity index (χ2n) is 3.67. The highest BCUT2D eigenvalue weighted by Crippen LogP contribution is 2.23. The molecule has 0 aromatic carbocycles. The van der Waals surface area contributed by atoms with E-state index >= 15 is 0 Å². The van der Waals surface area contributed by atoms with E-state index in [-0.39, 0.29) is 13.2 Å². The normalized spacial score (nSPS) is 10.6. The summed E-state index contributed by atoms with van der Waals surface area (Å²) in [6, 6.07) is 0. The largest absolute Gasteiger partial charge is 0.395 e. The third kappa shape index (κ3) is 3.52. The summed E-state index contributed by atoms with van der Waals surface area (Å²) in [6.07, 6.45) is 0.694. The maximum absolute atomic E-state index is 9.01. The van der Waals surface area contributed by atoms with Crippen LogP contribution in [0.4, 0.5) is 5.82 Å². The van der Waals surface area contributed by atoms with Crippen molar-refractivity contribution >= 4 is 17.4 Å². The van der Waals surface area contributed by atoms with Crippen molar-refractivity contribution in [3.8, 4) is 0 Å². The first-order valence-corrected chi connectivity index (χ1v) is 6.01. The van der Waals surface area contributed by atoms with Gasteiger partial charge in [0.05, 0.1) is 13.2 Å². The summed E-state index contributed by atoms with van der Waals surface area (Å²) in [7, 11) is 0. The number of halogens is 1. The molecule has 6 heteroatoms. The van der Waals surface area contributed by atoms with Crippen molar-refractivity contribution in [1.29, 1.82) is 0 Å². The Morgan fingerprint density at radius 1 is 1.18 bits per heavy atom. The zero-order valence-electron chi connectivity index (χ0n) is 10.1. The van der Waals surface area contributed by atoms with Crippen LogP contribution >= 0.6 is 11.6 Å². The number of aliphatic hydroxyl groups is 2. The SMILES string of the molecule is CCc1nc(Cl)c(C)c(N(CCO)CCO)n1. The number of hydrogen-bond acceptors (Lipinski definition) is 5. The number of hydrogen-bond donors (Lipinski definition) is 2. The maximum Gasteiger partial charge on any atom is 0.137 e. The molecule has 0 bridgehead atoms. The van der Waals surface area contributed by atoms with Gasteiger partial charge in [0.2, 0.25) is 0 Å². The Morgan fingerprint density at radius 3 is 2.24 bits per heavy atom. The van der Waals surface area contributed by atoms with E-state index < -0.39 is 0 Å². The minimum atomic E-state index is 0.00250. The third-order valence-corrected chi connectivity index (χ3v) is 2.83. The molecule has 0 spiro atoms. The fourth-order valence-corrected chi connectivity index (χ4v) is 1.73. The Hall–Kier alpha value is -0.910. The molecule has 1 aromatic heterocycles. The molecular weight excluding hydrogens is 242 g/mol. The maximum atomic E-state index is 9.01. The van der Waals surface area contributed by atoms with Gasteiger partial charge in [-0.2, -0.15) is 0 Å². The Morgan fingerprint density at radius 2 is 1.76 bits per heavy atom. The van der Waals surface area contributed by atoms with Crippen LogP contribution in [-0.4, -0.2) is 46.5 Å². The lowest BCUT2D eigenvalue weighted by Crippen LogP contribution is -2.31. The second kappa shape index (κ2) is 6.74. The highest BCUT2D eigenvalue weighted by atomic mass is 35.5. The van der Waals surface area contributed by atoms with Crippen molar-refractivity contribution in [2.24, 2.45) is 0 Å². The number of nitrogens with zero attached hydrogens (tertiary/aromatic N) is 3. The Kier molecular flexibility index (Phi) is 5.61. The third-order valence-electron chi connectivity index (χ3n) is 2.46. The van der Waals surface area contributed by atoms with Crippen molar-refractivity contribution in [3.63, 3.8) is 0 Å². The summed E-state index contributed by atoms with van der Waals surface area (Å²) in [5, 5.41) is 18.4. The molecule has 0 unspecified atom stereocenters. The number of anilines is 1. The van der Waals surface area contributed by atoms with Gasteiger partial charge in [0.25, 0.3) is 0 Å². The fraction of sp³-hybridized carbons (Fsp3) is 0.636. The fourth-order valence-electron chi connectivity index (χ4n) is 1.55. The first-order valence-electron chi connectivity index (χ1n) is 5.63. The zero-order chi connectivity index (χ0) is 12.8. The van der Waals surface area contributed by atoms with Crippen LogP contribution < -0.4 is 4.90 Å². The summed E-state index contributed by atoms with van der Waals surface area (Å²) in [6.45, 7) is 4.62. The molecular formula is C11H18ClN3O2. The Balaban J connectivity index is 3.11. The van der Waals surface area contributed by atoms with Gasteiger partial charge in [-0.05, 0) is 6.92 Å². The summed E-state index contributed by atoms with van der Waals surface area (Å²) >= 11 is 6.04. The molecule has 2 N–H and O–H groups in total.